The number of aromatic nitrogens is 3. The van der Waals surface area contributed by atoms with Crippen molar-refractivity contribution in [2.75, 3.05) is 5.32 Å². The van der Waals surface area contributed by atoms with Crippen molar-refractivity contribution in [2.24, 2.45) is 0 Å². The number of anilines is 1. The van der Waals surface area contributed by atoms with Gasteiger partial charge in [-0.3, -0.25) is 10.1 Å². The van der Waals surface area contributed by atoms with Gasteiger partial charge in [-0.15, -0.1) is 0 Å². The van der Waals surface area contributed by atoms with Gasteiger partial charge in [0.05, 0.1) is 22.4 Å². The molecule has 0 aliphatic heterocycles. The Bertz CT molecular complexity index is 399. The molecule has 2 aromatic rings. The number of H-pyrrole nitrogens is 1. The predicted octanol–water partition coefficient (Wildman–Crippen LogP) is 2.18. The van der Waals surface area contributed by atoms with E-state index >= 15 is 0 Å². The summed E-state index contributed by atoms with van der Waals surface area (Å²) in [6.45, 7) is 0.725. The molecule has 0 amide bonds. The highest BCUT2D eigenvalue weighted by Gasteiger charge is 1.98. The molecule has 0 unspecified atom stereocenters. The van der Waals surface area contributed by atoms with Gasteiger partial charge in [0.2, 0.25) is 0 Å². The van der Waals surface area contributed by atoms with Crippen molar-refractivity contribution in [3.63, 3.8) is 0 Å². The Kier molecular flexibility index (Phi) is 2.78. The molecule has 0 atom stereocenters. The largest absolute Gasteiger partial charge is 0.378 e. The second-order valence-corrected chi connectivity index (χ2v) is 3.65. The van der Waals surface area contributed by atoms with Crippen LogP contribution in [0.3, 0.4) is 0 Å². The van der Waals surface area contributed by atoms with Crippen LogP contribution in [0.15, 0.2) is 35.2 Å². The van der Waals surface area contributed by atoms with E-state index in [1.165, 1.54) is 0 Å². The van der Waals surface area contributed by atoms with Crippen molar-refractivity contribution in [1.82, 2.24) is 15.2 Å². The van der Waals surface area contributed by atoms with E-state index in [0.717, 1.165) is 22.4 Å². The summed E-state index contributed by atoms with van der Waals surface area (Å²) in [6, 6.07) is 3.85. The summed E-state index contributed by atoms with van der Waals surface area (Å²) in [7, 11) is 0. The lowest BCUT2D eigenvalue weighted by Crippen LogP contribution is -2.00. The van der Waals surface area contributed by atoms with Crippen LogP contribution in [-0.2, 0) is 6.54 Å². The molecule has 0 saturated heterocycles. The van der Waals surface area contributed by atoms with E-state index in [9.17, 15) is 0 Å². The van der Waals surface area contributed by atoms with E-state index in [2.05, 4.69) is 36.4 Å². The van der Waals surface area contributed by atoms with Crippen LogP contribution in [0, 0.1) is 0 Å². The zero-order valence-electron chi connectivity index (χ0n) is 7.37. The Morgan fingerprint density at radius 2 is 2.29 bits per heavy atom. The summed E-state index contributed by atoms with van der Waals surface area (Å²) >= 11 is 3.41. The molecule has 0 saturated carbocycles. The fourth-order valence-electron chi connectivity index (χ4n) is 1.09. The summed E-state index contributed by atoms with van der Waals surface area (Å²) in [5.74, 6) is 0. The molecular formula is C9H9BrN4. The minimum absolute atomic E-state index is 0.725. The fraction of sp³-hybridized carbons (Fsp3) is 0.111. The molecule has 0 aliphatic carbocycles. The number of hydrogen-bond donors (Lipinski definition) is 2. The van der Waals surface area contributed by atoms with Crippen molar-refractivity contribution < 1.29 is 0 Å². The lowest BCUT2D eigenvalue weighted by molar-refractivity contribution is 0.980. The quantitative estimate of drug-likeness (QED) is 0.881. The first-order chi connectivity index (χ1) is 6.86. The zero-order chi connectivity index (χ0) is 9.80. The first-order valence-electron chi connectivity index (χ1n) is 4.18. The van der Waals surface area contributed by atoms with E-state index in [1.807, 2.05) is 12.1 Å². The highest BCUT2D eigenvalue weighted by molar-refractivity contribution is 9.10. The van der Waals surface area contributed by atoms with E-state index in [0.29, 0.717) is 0 Å². The predicted molar refractivity (Wildman–Crippen MR) is 57.9 cm³/mol. The van der Waals surface area contributed by atoms with Crippen LogP contribution in [0.25, 0.3) is 0 Å². The fourth-order valence-corrected chi connectivity index (χ4v) is 1.48. The molecule has 0 radical (unpaired) electrons. The average Bonchev–Trinajstić information content (AvgIpc) is 2.69. The molecule has 2 N–H and O–H groups in total. The van der Waals surface area contributed by atoms with Crippen LogP contribution in [-0.4, -0.2) is 15.2 Å². The molecule has 0 aromatic carbocycles. The maximum atomic E-state index is 3.98. The van der Waals surface area contributed by atoms with E-state index in [1.54, 1.807) is 18.6 Å². The van der Waals surface area contributed by atoms with Gasteiger partial charge in [-0.1, -0.05) is 0 Å². The van der Waals surface area contributed by atoms with Gasteiger partial charge in [0.25, 0.3) is 0 Å². The minimum Gasteiger partial charge on any atom is -0.378 e. The molecule has 2 aromatic heterocycles. The number of aromatic amines is 1. The van der Waals surface area contributed by atoms with Crippen LogP contribution >= 0.6 is 15.9 Å². The summed E-state index contributed by atoms with van der Waals surface area (Å²) in [5, 5.41) is 10.0. The minimum atomic E-state index is 0.725. The molecule has 2 heterocycles. The van der Waals surface area contributed by atoms with Gasteiger partial charge in [0, 0.05) is 18.6 Å². The molecule has 14 heavy (non-hydrogen) atoms. The zero-order valence-corrected chi connectivity index (χ0v) is 8.95. The third-order valence-electron chi connectivity index (χ3n) is 1.80. The molecule has 0 fully saturated rings. The van der Waals surface area contributed by atoms with Crippen LogP contribution < -0.4 is 5.32 Å². The molecule has 4 nitrogen and oxygen atoms in total. The van der Waals surface area contributed by atoms with Crippen LogP contribution in [0.1, 0.15) is 5.69 Å². The Morgan fingerprint density at radius 3 is 3.00 bits per heavy atom. The standard InChI is InChI=1S/C9H9BrN4/c10-8-6-11-3-2-9(8)12-5-7-1-4-13-14-7/h1-4,6H,5H2,(H,11,12)(H,13,14). The summed E-state index contributed by atoms with van der Waals surface area (Å²) in [5.41, 5.74) is 2.07. The molecule has 0 bridgehead atoms. The van der Waals surface area contributed by atoms with Crippen molar-refractivity contribution in [1.29, 1.82) is 0 Å². The second-order valence-electron chi connectivity index (χ2n) is 2.79. The number of nitrogens with zero attached hydrogens (tertiary/aromatic N) is 2. The maximum Gasteiger partial charge on any atom is 0.0590 e. The number of nitrogens with one attached hydrogen (secondary N) is 2. The third kappa shape index (κ3) is 2.11. The van der Waals surface area contributed by atoms with Crippen molar-refractivity contribution in [2.45, 2.75) is 6.54 Å². The topological polar surface area (TPSA) is 53.6 Å². The molecule has 5 heteroatoms. The third-order valence-corrected chi connectivity index (χ3v) is 2.43. The maximum absolute atomic E-state index is 3.98. The van der Waals surface area contributed by atoms with E-state index < -0.39 is 0 Å². The summed E-state index contributed by atoms with van der Waals surface area (Å²) < 4.78 is 0.958. The van der Waals surface area contributed by atoms with E-state index in [4.69, 9.17) is 0 Å². The number of rotatable bonds is 3. The first-order valence-corrected chi connectivity index (χ1v) is 4.97. The SMILES string of the molecule is Brc1cnccc1NCc1ccn[nH]1. The summed E-state index contributed by atoms with van der Waals surface area (Å²) in [6.07, 6.45) is 5.24. The van der Waals surface area contributed by atoms with Gasteiger partial charge in [-0.2, -0.15) is 5.10 Å². The van der Waals surface area contributed by atoms with Gasteiger partial charge >= 0.3 is 0 Å². The summed E-state index contributed by atoms with van der Waals surface area (Å²) in [4.78, 5) is 3.98. The van der Waals surface area contributed by atoms with Crippen LogP contribution in [0.5, 0.6) is 0 Å². The van der Waals surface area contributed by atoms with Gasteiger partial charge in [-0.05, 0) is 28.1 Å². The van der Waals surface area contributed by atoms with Gasteiger partial charge in [0.1, 0.15) is 0 Å². The highest BCUT2D eigenvalue weighted by Crippen LogP contribution is 2.20. The van der Waals surface area contributed by atoms with Gasteiger partial charge in [-0.25, -0.2) is 0 Å². The highest BCUT2D eigenvalue weighted by atomic mass is 79.9. The molecular weight excluding hydrogens is 244 g/mol. The number of halogens is 1. The molecule has 72 valence electrons. The van der Waals surface area contributed by atoms with Gasteiger partial charge in [0.15, 0.2) is 0 Å². The lowest BCUT2D eigenvalue weighted by Gasteiger charge is -2.05. The molecule has 0 spiro atoms. The Hall–Kier alpha value is -1.36. The first kappa shape index (κ1) is 9.21. The van der Waals surface area contributed by atoms with Gasteiger partial charge < -0.3 is 5.32 Å². The number of pyridine rings is 1. The Labute approximate surface area is 89.9 Å². The van der Waals surface area contributed by atoms with Crippen LogP contribution in [0.2, 0.25) is 0 Å². The normalized spacial score (nSPS) is 10.1. The number of hydrogen-bond acceptors (Lipinski definition) is 3. The molecule has 0 aliphatic rings. The van der Waals surface area contributed by atoms with E-state index in [-0.39, 0.29) is 0 Å². The van der Waals surface area contributed by atoms with Crippen molar-refractivity contribution in [3.8, 4) is 0 Å². The average molecular weight is 253 g/mol. The monoisotopic (exact) mass is 252 g/mol. The smallest absolute Gasteiger partial charge is 0.0590 e. The van der Waals surface area contributed by atoms with Crippen LogP contribution in [0.4, 0.5) is 5.69 Å². The Balaban J connectivity index is 2.02. The lowest BCUT2D eigenvalue weighted by atomic mass is 10.3. The van der Waals surface area contributed by atoms with Crippen molar-refractivity contribution >= 4 is 21.6 Å². The second kappa shape index (κ2) is 4.23. The Morgan fingerprint density at radius 1 is 1.36 bits per heavy atom. The molecule has 2 rings (SSSR count). The van der Waals surface area contributed by atoms with Crippen molar-refractivity contribution in [3.05, 3.63) is 40.9 Å².